The van der Waals surface area contributed by atoms with Gasteiger partial charge in [0.25, 0.3) is 5.91 Å². The summed E-state index contributed by atoms with van der Waals surface area (Å²) in [6.45, 7) is 3.27. The summed E-state index contributed by atoms with van der Waals surface area (Å²) in [5.41, 5.74) is 1.68. The number of aryl methyl sites for hydroxylation is 1. The molecule has 0 spiro atoms. The molecule has 12 heteroatoms. The molecule has 1 rings (SSSR count). The average molecular weight is 427 g/mol. The first kappa shape index (κ1) is 25.7. The molecule has 1 aromatic rings. The van der Waals surface area contributed by atoms with Crippen molar-refractivity contribution in [1.82, 2.24) is 10.2 Å². The third-order valence-electron chi connectivity index (χ3n) is 3.29. The number of aliphatic carboxylic acids is 1. The smallest absolute Gasteiger partial charge is 0.475 e. The number of rotatable bonds is 7. The van der Waals surface area contributed by atoms with Gasteiger partial charge in [0, 0.05) is 19.2 Å². The SMILES string of the molecule is CNCCCN(C)C(=O)c1ccc(C)c(NS(C)(=O)=O)c1.O=C(O)C(F)(F)F. The summed E-state index contributed by atoms with van der Waals surface area (Å²) in [6.07, 6.45) is -3.14. The van der Waals surface area contributed by atoms with Crippen molar-refractivity contribution in [2.24, 2.45) is 0 Å². The summed E-state index contributed by atoms with van der Waals surface area (Å²) in [5.74, 6) is -2.88. The zero-order chi connectivity index (χ0) is 22.1. The van der Waals surface area contributed by atoms with Gasteiger partial charge in [0.15, 0.2) is 0 Å². The van der Waals surface area contributed by atoms with Crippen LogP contribution in [0.5, 0.6) is 0 Å². The van der Waals surface area contributed by atoms with Crippen LogP contribution in [0.25, 0.3) is 0 Å². The minimum absolute atomic E-state index is 0.123. The second-order valence-corrected chi connectivity index (χ2v) is 7.64. The maximum absolute atomic E-state index is 12.3. The van der Waals surface area contributed by atoms with Crippen LogP contribution in [0.15, 0.2) is 18.2 Å². The van der Waals surface area contributed by atoms with Gasteiger partial charge in [-0.05, 0) is 44.6 Å². The number of nitrogens with one attached hydrogen (secondary N) is 2. The largest absolute Gasteiger partial charge is 0.490 e. The second-order valence-electron chi connectivity index (χ2n) is 5.89. The van der Waals surface area contributed by atoms with E-state index in [2.05, 4.69) is 10.0 Å². The van der Waals surface area contributed by atoms with E-state index in [4.69, 9.17) is 9.90 Å². The molecule has 1 amide bonds. The van der Waals surface area contributed by atoms with Gasteiger partial charge in [0.2, 0.25) is 10.0 Å². The highest BCUT2D eigenvalue weighted by Gasteiger charge is 2.38. The summed E-state index contributed by atoms with van der Waals surface area (Å²) in [4.78, 5) is 22.8. The van der Waals surface area contributed by atoms with Crippen molar-refractivity contribution >= 4 is 27.6 Å². The Morgan fingerprint density at radius 1 is 1.25 bits per heavy atom. The Morgan fingerprint density at radius 3 is 2.21 bits per heavy atom. The van der Waals surface area contributed by atoms with E-state index in [-0.39, 0.29) is 5.91 Å². The fourth-order valence-electron chi connectivity index (χ4n) is 1.88. The van der Waals surface area contributed by atoms with Gasteiger partial charge in [-0.1, -0.05) is 6.07 Å². The molecule has 0 radical (unpaired) electrons. The zero-order valence-electron chi connectivity index (χ0n) is 15.9. The standard InChI is InChI=1S/C14H23N3O3S.C2HF3O2/c1-11-6-7-12(10-13(11)16-21(4,19)20)14(18)17(3)9-5-8-15-2;3-2(4,5)1(6)7/h6-7,10,15-16H,5,8-9H2,1-4H3;(H,6,7). The van der Waals surface area contributed by atoms with Crippen LogP contribution in [0.1, 0.15) is 22.3 Å². The number of carbonyl (C=O) groups excluding carboxylic acids is 1. The quantitative estimate of drug-likeness (QED) is 0.571. The van der Waals surface area contributed by atoms with E-state index in [0.717, 1.165) is 24.8 Å². The normalized spacial score (nSPS) is 11.2. The van der Waals surface area contributed by atoms with Crippen LogP contribution in [-0.4, -0.2) is 69.9 Å². The van der Waals surface area contributed by atoms with Gasteiger partial charge in [-0.25, -0.2) is 13.2 Å². The van der Waals surface area contributed by atoms with Crippen molar-refractivity contribution in [3.8, 4) is 0 Å². The molecule has 0 aliphatic heterocycles. The predicted molar refractivity (Wildman–Crippen MR) is 98.8 cm³/mol. The lowest BCUT2D eigenvalue weighted by molar-refractivity contribution is -0.192. The van der Waals surface area contributed by atoms with Crippen LogP contribution in [0, 0.1) is 6.92 Å². The number of amides is 1. The van der Waals surface area contributed by atoms with Crippen molar-refractivity contribution in [3.63, 3.8) is 0 Å². The summed E-state index contributed by atoms with van der Waals surface area (Å²) >= 11 is 0. The molecule has 0 fully saturated rings. The topological polar surface area (TPSA) is 116 Å². The molecule has 160 valence electrons. The minimum Gasteiger partial charge on any atom is -0.475 e. The van der Waals surface area contributed by atoms with Crippen molar-refractivity contribution in [1.29, 1.82) is 0 Å². The molecular formula is C16H24F3N3O5S. The molecule has 0 saturated heterocycles. The van der Waals surface area contributed by atoms with E-state index in [1.807, 2.05) is 7.05 Å². The van der Waals surface area contributed by atoms with Gasteiger partial charge in [-0.3, -0.25) is 9.52 Å². The molecule has 0 heterocycles. The number of hydrogen-bond acceptors (Lipinski definition) is 5. The Morgan fingerprint density at radius 2 is 1.79 bits per heavy atom. The van der Waals surface area contributed by atoms with Crippen LogP contribution in [0.4, 0.5) is 18.9 Å². The lowest BCUT2D eigenvalue weighted by Crippen LogP contribution is -2.29. The van der Waals surface area contributed by atoms with E-state index in [9.17, 15) is 26.4 Å². The van der Waals surface area contributed by atoms with Gasteiger partial charge in [0.05, 0.1) is 11.9 Å². The molecule has 8 nitrogen and oxygen atoms in total. The Kier molecular flexibility index (Phi) is 9.95. The fraction of sp³-hybridized carbons (Fsp3) is 0.500. The lowest BCUT2D eigenvalue weighted by Gasteiger charge is -2.18. The predicted octanol–water partition coefficient (Wildman–Crippen LogP) is 1.68. The van der Waals surface area contributed by atoms with Crippen LogP contribution in [0.2, 0.25) is 0 Å². The third-order valence-corrected chi connectivity index (χ3v) is 3.88. The number of anilines is 1. The van der Waals surface area contributed by atoms with E-state index in [1.165, 1.54) is 0 Å². The van der Waals surface area contributed by atoms with Crippen LogP contribution < -0.4 is 10.0 Å². The number of hydrogen-bond donors (Lipinski definition) is 3. The number of halogens is 3. The highest BCUT2D eigenvalue weighted by Crippen LogP contribution is 2.19. The number of alkyl halides is 3. The number of carboxylic acid groups (broad SMARTS) is 1. The molecule has 1 aromatic carbocycles. The van der Waals surface area contributed by atoms with Gasteiger partial charge in [0.1, 0.15) is 0 Å². The number of sulfonamides is 1. The molecular weight excluding hydrogens is 403 g/mol. The maximum Gasteiger partial charge on any atom is 0.490 e. The number of benzene rings is 1. The monoisotopic (exact) mass is 427 g/mol. The summed E-state index contributed by atoms with van der Waals surface area (Å²) < 4.78 is 56.8. The van der Waals surface area contributed by atoms with E-state index in [0.29, 0.717) is 17.8 Å². The highest BCUT2D eigenvalue weighted by atomic mass is 32.2. The van der Waals surface area contributed by atoms with E-state index >= 15 is 0 Å². The van der Waals surface area contributed by atoms with Gasteiger partial charge >= 0.3 is 12.1 Å². The molecule has 0 aromatic heterocycles. The fourth-order valence-corrected chi connectivity index (χ4v) is 2.50. The molecule has 0 atom stereocenters. The zero-order valence-corrected chi connectivity index (χ0v) is 16.7. The van der Waals surface area contributed by atoms with Crippen LogP contribution >= 0.6 is 0 Å². The first-order valence-corrected chi connectivity index (χ1v) is 9.86. The summed E-state index contributed by atoms with van der Waals surface area (Å²) in [7, 11) is 0.240. The third kappa shape index (κ3) is 10.1. The molecule has 28 heavy (non-hydrogen) atoms. The van der Waals surface area contributed by atoms with Crippen molar-refractivity contribution < 1.29 is 36.3 Å². The Labute approximate surface area is 161 Å². The Balaban J connectivity index is 0.000000887. The molecule has 3 N–H and O–H groups in total. The van der Waals surface area contributed by atoms with E-state index < -0.39 is 22.2 Å². The molecule has 0 aliphatic rings. The molecule has 0 unspecified atom stereocenters. The molecule has 0 bridgehead atoms. The first-order valence-electron chi connectivity index (χ1n) is 7.97. The van der Waals surface area contributed by atoms with Crippen LogP contribution in [0.3, 0.4) is 0 Å². The summed E-state index contributed by atoms with van der Waals surface area (Å²) in [6, 6.07) is 5.02. The van der Waals surface area contributed by atoms with Gasteiger partial charge in [-0.15, -0.1) is 0 Å². The number of carboxylic acids is 1. The molecule has 0 saturated carbocycles. The van der Waals surface area contributed by atoms with Crippen molar-refractivity contribution in [3.05, 3.63) is 29.3 Å². The second kappa shape index (κ2) is 10.9. The first-order chi connectivity index (χ1) is 12.7. The Bertz CT molecular complexity index is 782. The van der Waals surface area contributed by atoms with Crippen LogP contribution in [-0.2, 0) is 14.8 Å². The van der Waals surface area contributed by atoms with E-state index in [1.54, 1.807) is 37.1 Å². The summed E-state index contributed by atoms with van der Waals surface area (Å²) in [5, 5.41) is 10.2. The maximum atomic E-state index is 12.3. The average Bonchev–Trinajstić information content (AvgIpc) is 2.54. The van der Waals surface area contributed by atoms with Gasteiger partial charge in [-0.2, -0.15) is 13.2 Å². The number of carbonyl (C=O) groups is 2. The lowest BCUT2D eigenvalue weighted by atomic mass is 10.1. The van der Waals surface area contributed by atoms with Crippen molar-refractivity contribution in [2.75, 3.05) is 38.2 Å². The van der Waals surface area contributed by atoms with Gasteiger partial charge < -0.3 is 15.3 Å². The number of nitrogens with zero attached hydrogens (tertiary/aromatic N) is 1. The van der Waals surface area contributed by atoms with Crippen molar-refractivity contribution in [2.45, 2.75) is 19.5 Å². The minimum atomic E-state index is -5.08. The highest BCUT2D eigenvalue weighted by molar-refractivity contribution is 7.92. The Hall–Kier alpha value is -2.34. The molecule has 0 aliphatic carbocycles.